The molecule has 0 radical (unpaired) electrons. The summed E-state index contributed by atoms with van der Waals surface area (Å²) in [5.41, 5.74) is 3.62. The van der Waals surface area contributed by atoms with Crippen molar-refractivity contribution >= 4 is 5.65 Å². The maximum absolute atomic E-state index is 12.6. The molecule has 1 fully saturated rings. The van der Waals surface area contributed by atoms with E-state index < -0.39 is 0 Å². The van der Waals surface area contributed by atoms with Crippen LogP contribution in [-0.4, -0.2) is 41.9 Å². The highest BCUT2D eigenvalue weighted by molar-refractivity contribution is 5.56. The fourth-order valence-electron chi connectivity index (χ4n) is 4.13. The van der Waals surface area contributed by atoms with Crippen molar-refractivity contribution in [1.82, 2.24) is 28.8 Å². The summed E-state index contributed by atoms with van der Waals surface area (Å²) in [6.07, 6.45) is 11.4. The van der Waals surface area contributed by atoms with E-state index in [0.717, 1.165) is 55.9 Å². The molecule has 30 heavy (non-hydrogen) atoms. The summed E-state index contributed by atoms with van der Waals surface area (Å²) < 4.78 is 3.80. The molecule has 5 rings (SSSR count). The zero-order chi connectivity index (χ0) is 20.3. The molecule has 0 aromatic carbocycles. The average Bonchev–Trinajstić information content (AvgIpc) is 3.19. The molecule has 1 aliphatic rings. The van der Waals surface area contributed by atoms with Crippen LogP contribution in [-0.2, 0) is 13.1 Å². The van der Waals surface area contributed by atoms with Crippen LogP contribution in [0.4, 0.5) is 0 Å². The third-order valence-electron chi connectivity index (χ3n) is 5.80. The van der Waals surface area contributed by atoms with E-state index in [9.17, 15) is 4.79 Å². The lowest BCUT2D eigenvalue weighted by Gasteiger charge is -2.31. The van der Waals surface area contributed by atoms with Gasteiger partial charge in [0.05, 0.1) is 17.7 Å². The van der Waals surface area contributed by atoms with Gasteiger partial charge in [-0.15, -0.1) is 0 Å². The van der Waals surface area contributed by atoms with Crippen LogP contribution in [0, 0.1) is 5.92 Å². The number of nitrogens with zero attached hydrogens (tertiary/aromatic N) is 6. The van der Waals surface area contributed by atoms with E-state index in [1.807, 2.05) is 36.5 Å². The van der Waals surface area contributed by atoms with Crippen LogP contribution in [0.5, 0.6) is 0 Å². The van der Waals surface area contributed by atoms with Crippen molar-refractivity contribution < 1.29 is 0 Å². The number of hydrogen-bond acceptors (Lipinski definition) is 5. The molecule has 4 aromatic rings. The molecule has 0 atom stereocenters. The first-order chi connectivity index (χ1) is 14.7. The number of imidazole rings is 1. The molecule has 7 heteroatoms. The van der Waals surface area contributed by atoms with Crippen LogP contribution in [0.2, 0.25) is 0 Å². The second kappa shape index (κ2) is 8.20. The summed E-state index contributed by atoms with van der Waals surface area (Å²) in [4.78, 5) is 28.3. The van der Waals surface area contributed by atoms with Gasteiger partial charge in [-0.05, 0) is 56.1 Å². The van der Waals surface area contributed by atoms with Gasteiger partial charge in [0.25, 0.3) is 5.56 Å². The summed E-state index contributed by atoms with van der Waals surface area (Å²) in [6, 6.07) is 11.4. The minimum absolute atomic E-state index is 0.00372. The Balaban J connectivity index is 1.18. The van der Waals surface area contributed by atoms with Crippen molar-refractivity contribution in [3.63, 3.8) is 0 Å². The lowest BCUT2D eigenvalue weighted by molar-refractivity contribution is 0.165. The van der Waals surface area contributed by atoms with Gasteiger partial charge in [0.15, 0.2) is 0 Å². The first kappa shape index (κ1) is 18.7. The van der Waals surface area contributed by atoms with Gasteiger partial charge in [0.2, 0.25) is 0 Å². The van der Waals surface area contributed by atoms with E-state index in [1.54, 1.807) is 29.4 Å². The quantitative estimate of drug-likeness (QED) is 0.515. The van der Waals surface area contributed by atoms with Gasteiger partial charge >= 0.3 is 0 Å². The number of hydrogen-bond donors (Lipinski definition) is 0. The molecular formula is C23H24N6O. The van der Waals surface area contributed by atoms with Gasteiger partial charge in [-0.1, -0.05) is 6.07 Å². The summed E-state index contributed by atoms with van der Waals surface area (Å²) in [7, 11) is 0. The normalized spacial score (nSPS) is 15.6. The minimum Gasteiger partial charge on any atom is -0.307 e. The van der Waals surface area contributed by atoms with Gasteiger partial charge in [0, 0.05) is 49.5 Å². The largest absolute Gasteiger partial charge is 0.307 e. The highest BCUT2D eigenvalue weighted by Crippen LogP contribution is 2.21. The molecular weight excluding hydrogens is 376 g/mol. The number of piperidine rings is 1. The van der Waals surface area contributed by atoms with E-state index in [0.29, 0.717) is 11.6 Å². The van der Waals surface area contributed by atoms with E-state index in [2.05, 4.69) is 25.5 Å². The van der Waals surface area contributed by atoms with Crippen LogP contribution in [0.3, 0.4) is 0 Å². The predicted molar refractivity (Wildman–Crippen MR) is 115 cm³/mol. The maximum atomic E-state index is 12.6. The zero-order valence-electron chi connectivity index (χ0n) is 16.8. The Hall–Kier alpha value is -3.32. The van der Waals surface area contributed by atoms with E-state index in [4.69, 9.17) is 4.98 Å². The lowest BCUT2D eigenvalue weighted by atomic mass is 9.96. The van der Waals surface area contributed by atoms with Gasteiger partial charge in [-0.25, -0.2) is 9.97 Å². The van der Waals surface area contributed by atoms with Crippen molar-refractivity contribution in [2.45, 2.75) is 25.9 Å². The van der Waals surface area contributed by atoms with Crippen LogP contribution in [0.25, 0.3) is 16.9 Å². The maximum Gasteiger partial charge on any atom is 0.253 e. The average molecular weight is 400 g/mol. The first-order valence-corrected chi connectivity index (χ1v) is 10.4. The Morgan fingerprint density at radius 2 is 2.00 bits per heavy atom. The smallest absolute Gasteiger partial charge is 0.253 e. The van der Waals surface area contributed by atoms with Crippen molar-refractivity contribution in [3.8, 4) is 11.3 Å². The van der Waals surface area contributed by atoms with Gasteiger partial charge < -0.3 is 4.40 Å². The van der Waals surface area contributed by atoms with Crippen LogP contribution >= 0.6 is 0 Å². The van der Waals surface area contributed by atoms with Crippen LogP contribution in [0.1, 0.15) is 18.5 Å². The van der Waals surface area contributed by atoms with Crippen LogP contribution in [0.15, 0.2) is 72.3 Å². The minimum atomic E-state index is -0.00372. The summed E-state index contributed by atoms with van der Waals surface area (Å²) >= 11 is 0. The topological polar surface area (TPSA) is 68.3 Å². The molecule has 7 nitrogen and oxygen atoms in total. The SMILES string of the molecule is O=c1cc(-c2cccnc2)ncn1CC1CCN(Cc2cn3ccccc3n2)CC1. The monoisotopic (exact) mass is 400 g/mol. The van der Waals surface area contributed by atoms with Gasteiger partial charge in [-0.3, -0.25) is 19.2 Å². The Morgan fingerprint density at radius 1 is 1.10 bits per heavy atom. The molecule has 0 saturated carbocycles. The number of rotatable bonds is 5. The number of fused-ring (bicyclic) bond motifs is 1. The molecule has 5 heterocycles. The highest BCUT2D eigenvalue weighted by Gasteiger charge is 2.21. The van der Waals surface area contributed by atoms with Crippen molar-refractivity contribution in [2.75, 3.05) is 13.1 Å². The molecule has 0 unspecified atom stereocenters. The molecule has 1 saturated heterocycles. The summed E-state index contributed by atoms with van der Waals surface area (Å²) in [5.74, 6) is 0.492. The molecule has 0 bridgehead atoms. The fraction of sp³-hybridized carbons (Fsp3) is 0.304. The van der Waals surface area contributed by atoms with Crippen molar-refractivity contribution in [2.24, 2.45) is 5.92 Å². The molecule has 1 aliphatic heterocycles. The Labute approximate surface area is 174 Å². The lowest BCUT2D eigenvalue weighted by Crippen LogP contribution is -2.36. The summed E-state index contributed by atoms with van der Waals surface area (Å²) in [6.45, 7) is 3.64. The Kier molecular flexibility index (Phi) is 5.11. The zero-order valence-corrected chi connectivity index (χ0v) is 16.8. The van der Waals surface area contributed by atoms with E-state index in [-0.39, 0.29) is 5.56 Å². The third-order valence-corrected chi connectivity index (χ3v) is 5.80. The second-order valence-corrected chi connectivity index (χ2v) is 7.92. The van der Waals surface area contributed by atoms with Crippen molar-refractivity contribution in [3.05, 3.63) is 83.6 Å². The highest BCUT2D eigenvalue weighted by atomic mass is 16.1. The molecule has 0 amide bonds. The predicted octanol–water partition coefficient (Wildman–Crippen LogP) is 2.87. The number of likely N-dealkylation sites (tertiary alicyclic amines) is 1. The molecule has 4 aromatic heterocycles. The Morgan fingerprint density at radius 3 is 2.77 bits per heavy atom. The first-order valence-electron chi connectivity index (χ1n) is 10.4. The summed E-state index contributed by atoms with van der Waals surface area (Å²) in [5, 5.41) is 0. The van der Waals surface area contributed by atoms with Gasteiger partial charge in [-0.2, -0.15) is 0 Å². The van der Waals surface area contributed by atoms with E-state index in [1.165, 1.54) is 0 Å². The van der Waals surface area contributed by atoms with E-state index >= 15 is 0 Å². The fourth-order valence-corrected chi connectivity index (χ4v) is 4.13. The second-order valence-electron chi connectivity index (χ2n) is 7.92. The Bertz CT molecular complexity index is 1160. The molecule has 0 spiro atoms. The van der Waals surface area contributed by atoms with Crippen molar-refractivity contribution in [1.29, 1.82) is 0 Å². The molecule has 152 valence electrons. The standard InChI is InChI=1S/C23H24N6O/c30-23-12-21(19-4-3-8-24-13-19)25-17-29(23)14-18-6-10-27(11-7-18)15-20-16-28-9-2-1-5-22(28)26-20/h1-5,8-9,12-13,16-18H,6-7,10-11,14-15H2. The number of aromatic nitrogens is 5. The molecule has 0 aliphatic carbocycles. The van der Waals surface area contributed by atoms with Gasteiger partial charge in [0.1, 0.15) is 5.65 Å². The molecule has 0 N–H and O–H groups in total. The third kappa shape index (κ3) is 4.02. The van der Waals surface area contributed by atoms with Crippen LogP contribution < -0.4 is 5.56 Å². The number of pyridine rings is 2.